The van der Waals surface area contributed by atoms with Gasteiger partial charge in [0.2, 0.25) is 5.79 Å². The second-order valence-electron chi connectivity index (χ2n) is 5.19. The van der Waals surface area contributed by atoms with Gasteiger partial charge in [0.1, 0.15) is 0 Å². The number of rotatable bonds is 6. The smallest absolute Gasteiger partial charge is 0.340 e. The lowest BCUT2D eigenvalue weighted by molar-refractivity contribution is -0.411. The second kappa shape index (κ2) is 6.22. The van der Waals surface area contributed by atoms with Crippen LogP contribution in [0.4, 0.5) is 0 Å². The van der Waals surface area contributed by atoms with Gasteiger partial charge in [-0.2, -0.15) is 0 Å². The van der Waals surface area contributed by atoms with Crippen LogP contribution in [0, 0.1) is 0 Å². The summed E-state index contributed by atoms with van der Waals surface area (Å²) in [7, 11) is 4.41. The molecule has 0 radical (unpaired) electrons. The summed E-state index contributed by atoms with van der Waals surface area (Å²) >= 11 is 0. The third kappa shape index (κ3) is 3.03. The summed E-state index contributed by atoms with van der Waals surface area (Å²) in [5.74, 6) is -3.10. The molecule has 0 aromatic rings. The van der Waals surface area contributed by atoms with Crippen LogP contribution in [0.3, 0.4) is 0 Å². The maximum Gasteiger partial charge on any atom is 0.340 e. The maximum atomic E-state index is 12.2. The monoisotopic (exact) mass is 288 g/mol. The van der Waals surface area contributed by atoms with E-state index in [9.17, 15) is 4.79 Å². The van der Waals surface area contributed by atoms with Crippen molar-refractivity contribution in [2.75, 3.05) is 21.3 Å². The highest BCUT2D eigenvalue weighted by atomic mass is 16.8. The Balaban J connectivity index is 3.02. The van der Waals surface area contributed by atoms with Gasteiger partial charge in [-0.05, 0) is 20.3 Å². The zero-order chi connectivity index (χ0) is 15.6. The van der Waals surface area contributed by atoms with Crippen molar-refractivity contribution >= 4 is 5.97 Å². The van der Waals surface area contributed by atoms with E-state index in [1.165, 1.54) is 21.3 Å². The van der Waals surface area contributed by atoms with Crippen LogP contribution in [-0.4, -0.2) is 51.1 Å². The molecule has 1 rings (SSSR count). The Kier molecular flexibility index (Phi) is 5.32. The van der Waals surface area contributed by atoms with Crippen LogP contribution < -0.4 is 0 Å². The molecule has 1 heterocycles. The Hall–Kier alpha value is -0.950. The first-order valence-corrected chi connectivity index (χ1v) is 6.41. The molecule has 0 saturated carbocycles. The van der Waals surface area contributed by atoms with E-state index in [4.69, 9.17) is 23.7 Å². The minimum Gasteiger partial charge on any atom is -0.425 e. The molecule has 1 saturated heterocycles. The predicted molar refractivity (Wildman–Crippen MR) is 72.0 cm³/mol. The van der Waals surface area contributed by atoms with Crippen LogP contribution >= 0.6 is 0 Å². The lowest BCUT2D eigenvalue weighted by Gasteiger charge is -2.48. The minimum absolute atomic E-state index is 0.486. The molecular weight excluding hydrogens is 264 g/mol. The Morgan fingerprint density at radius 2 is 1.85 bits per heavy atom. The summed E-state index contributed by atoms with van der Waals surface area (Å²) in [6.07, 6.45) is -0.902. The molecule has 116 valence electrons. The number of hydrogen-bond donors (Lipinski definition) is 0. The fourth-order valence-corrected chi connectivity index (χ4v) is 2.09. The minimum atomic E-state index is -1.32. The van der Waals surface area contributed by atoms with Gasteiger partial charge in [0.15, 0.2) is 6.10 Å². The second-order valence-corrected chi connectivity index (χ2v) is 5.19. The fraction of sp³-hybridized carbons (Fsp3) is 0.786. The van der Waals surface area contributed by atoms with E-state index >= 15 is 0 Å². The highest BCUT2D eigenvalue weighted by molar-refractivity contribution is 5.76. The number of esters is 1. The molecule has 1 aliphatic heterocycles. The van der Waals surface area contributed by atoms with Gasteiger partial charge in [0.05, 0.1) is 6.10 Å². The molecule has 0 amide bonds. The molecule has 0 spiro atoms. The average Bonchev–Trinajstić information content (AvgIpc) is 2.40. The number of methoxy groups -OCH3 is 3. The third-order valence-electron chi connectivity index (χ3n) is 3.67. The molecule has 20 heavy (non-hydrogen) atoms. The zero-order valence-corrected chi connectivity index (χ0v) is 13.0. The van der Waals surface area contributed by atoms with Crippen molar-refractivity contribution in [1.82, 2.24) is 0 Å². The van der Waals surface area contributed by atoms with Crippen LogP contribution in [0.2, 0.25) is 0 Å². The standard InChI is InChI=1S/C14H24O6/c1-9(2)8-10(16-5)11-12(15)20-14(4,18-7)13(3,17-6)19-11/h10-11H,1,8H2,2-7H3/t10-,11-,13+,14+/m0/s1. The Labute approximate surface area is 120 Å². The molecule has 1 fully saturated rings. The molecule has 6 heteroatoms. The lowest BCUT2D eigenvalue weighted by atomic mass is 10.0. The highest BCUT2D eigenvalue weighted by Crippen LogP contribution is 2.38. The molecule has 0 aliphatic carbocycles. The summed E-state index contributed by atoms with van der Waals surface area (Å²) in [6, 6.07) is 0. The van der Waals surface area contributed by atoms with Crippen LogP contribution in [0.25, 0.3) is 0 Å². The van der Waals surface area contributed by atoms with Crippen molar-refractivity contribution in [3.63, 3.8) is 0 Å². The largest absolute Gasteiger partial charge is 0.425 e. The van der Waals surface area contributed by atoms with E-state index in [1.807, 2.05) is 6.92 Å². The zero-order valence-electron chi connectivity index (χ0n) is 13.0. The maximum absolute atomic E-state index is 12.2. The lowest BCUT2D eigenvalue weighted by Crippen LogP contribution is -2.66. The predicted octanol–water partition coefficient (Wildman–Crippen LogP) is 1.63. The fourth-order valence-electron chi connectivity index (χ4n) is 2.09. The van der Waals surface area contributed by atoms with Crippen LogP contribution in [0.5, 0.6) is 0 Å². The average molecular weight is 288 g/mol. The Morgan fingerprint density at radius 3 is 2.25 bits per heavy atom. The van der Waals surface area contributed by atoms with Gasteiger partial charge < -0.3 is 23.7 Å². The van der Waals surface area contributed by atoms with Gasteiger partial charge in [-0.25, -0.2) is 4.79 Å². The van der Waals surface area contributed by atoms with E-state index in [2.05, 4.69) is 6.58 Å². The first-order chi connectivity index (χ1) is 9.23. The SMILES string of the molecule is C=C(C)C[C@H](OC)[C@@H]1O[C@@](C)(OC)[C@](C)(OC)OC1=O. The van der Waals surface area contributed by atoms with Gasteiger partial charge in [0.25, 0.3) is 5.79 Å². The van der Waals surface area contributed by atoms with E-state index in [-0.39, 0.29) is 0 Å². The highest BCUT2D eigenvalue weighted by Gasteiger charge is 2.58. The quantitative estimate of drug-likeness (QED) is 0.547. The summed E-state index contributed by atoms with van der Waals surface area (Å²) in [5, 5.41) is 0. The number of carbonyl (C=O) groups excluding carboxylic acids is 1. The van der Waals surface area contributed by atoms with Crippen molar-refractivity contribution in [1.29, 1.82) is 0 Å². The molecule has 4 atom stereocenters. The van der Waals surface area contributed by atoms with Gasteiger partial charge in [-0.15, -0.1) is 6.58 Å². The summed E-state index contributed by atoms with van der Waals surface area (Å²) < 4.78 is 27.1. The van der Waals surface area contributed by atoms with Crippen LogP contribution in [0.15, 0.2) is 12.2 Å². The van der Waals surface area contributed by atoms with Crippen molar-refractivity contribution in [3.05, 3.63) is 12.2 Å². The molecular formula is C14H24O6. The van der Waals surface area contributed by atoms with Crippen LogP contribution in [-0.2, 0) is 28.5 Å². The van der Waals surface area contributed by atoms with Gasteiger partial charge in [0, 0.05) is 28.3 Å². The van der Waals surface area contributed by atoms with Gasteiger partial charge >= 0.3 is 5.97 Å². The molecule has 1 aliphatic rings. The first-order valence-electron chi connectivity index (χ1n) is 6.41. The van der Waals surface area contributed by atoms with Gasteiger partial charge in [-0.1, -0.05) is 5.57 Å². The molecule has 0 aromatic carbocycles. The van der Waals surface area contributed by atoms with Crippen molar-refractivity contribution in [3.8, 4) is 0 Å². The first kappa shape index (κ1) is 17.1. The van der Waals surface area contributed by atoms with Gasteiger partial charge in [-0.3, -0.25) is 0 Å². The van der Waals surface area contributed by atoms with E-state index in [0.29, 0.717) is 6.42 Å². The third-order valence-corrected chi connectivity index (χ3v) is 3.67. The normalized spacial score (nSPS) is 35.5. The molecule has 6 nitrogen and oxygen atoms in total. The van der Waals surface area contributed by atoms with Crippen molar-refractivity contribution < 1.29 is 28.5 Å². The van der Waals surface area contributed by atoms with Crippen LogP contribution in [0.1, 0.15) is 27.2 Å². The van der Waals surface area contributed by atoms with Crippen molar-refractivity contribution in [2.24, 2.45) is 0 Å². The summed E-state index contributed by atoms with van der Waals surface area (Å²) in [5.41, 5.74) is 0.882. The number of carbonyl (C=O) groups is 1. The molecule has 0 bridgehead atoms. The Bertz CT molecular complexity index is 382. The van der Waals surface area contributed by atoms with E-state index in [1.54, 1.807) is 13.8 Å². The summed E-state index contributed by atoms with van der Waals surface area (Å²) in [4.78, 5) is 12.2. The van der Waals surface area contributed by atoms with E-state index in [0.717, 1.165) is 5.57 Å². The number of cyclic esters (lactones) is 1. The Morgan fingerprint density at radius 1 is 1.30 bits per heavy atom. The molecule has 0 N–H and O–H groups in total. The number of ether oxygens (including phenoxy) is 5. The topological polar surface area (TPSA) is 63.2 Å². The van der Waals surface area contributed by atoms with Crippen molar-refractivity contribution in [2.45, 2.75) is 51.0 Å². The molecule has 0 aromatic heterocycles. The number of hydrogen-bond acceptors (Lipinski definition) is 6. The summed E-state index contributed by atoms with van der Waals surface area (Å²) in [6.45, 7) is 8.92. The van der Waals surface area contributed by atoms with E-state index < -0.39 is 29.8 Å². The molecule has 0 unspecified atom stereocenters.